The minimum absolute atomic E-state index is 0.00353. The van der Waals surface area contributed by atoms with E-state index in [-0.39, 0.29) is 11.9 Å². The van der Waals surface area contributed by atoms with Crippen LogP contribution in [0.15, 0.2) is 36.4 Å². The van der Waals surface area contributed by atoms with Gasteiger partial charge in [0.25, 0.3) is 0 Å². The monoisotopic (exact) mass is 451 g/mol. The smallest absolute Gasteiger partial charge is 0.308 e. The molecule has 1 aliphatic heterocycles. The van der Waals surface area contributed by atoms with E-state index in [1.165, 1.54) is 48.3 Å². The van der Waals surface area contributed by atoms with Crippen molar-refractivity contribution < 1.29 is 14.3 Å². The van der Waals surface area contributed by atoms with Gasteiger partial charge in [-0.25, -0.2) is 0 Å². The average molecular weight is 452 g/mol. The molecule has 1 heterocycles. The summed E-state index contributed by atoms with van der Waals surface area (Å²) in [5.74, 6) is 1.55. The number of benzene rings is 2. The molecule has 4 heteroatoms. The van der Waals surface area contributed by atoms with E-state index < -0.39 is 0 Å². The summed E-state index contributed by atoms with van der Waals surface area (Å²) >= 11 is 0. The van der Waals surface area contributed by atoms with Gasteiger partial charge < -0.3 is 9.47 Å². The fourth-order valence-corrected chi connectivity index (χ4v) is 5.71. The fourth-order valence-electron chi connectivity index (χ4n) is 5.71. The molecule has 0 bridgehead atoms. The lowest BCUT2D eigenvalue weighted by molar-refractivity contribution is -0.147. The zero-order chi connectivity index (χ0) is 23.0. The normalized spacial score (nSPS) is 21.8. The van der Waals surface area contributed by atoms with Crippen molar-refractivity contribution in [3.63, 3.8) is 0 Å². The van der Waals surface area contributed by atoms with Gasteiger partial charge in [-0.15, -0.1) is 0 Å². The lowest BCUT2D eigenvalue weighted by atomic mass is 9.72. The van der Waals surface area contributed by atoms with E-state index in [0.717, 1.165) is 70.9 Å². The van der Waals surface area contributed by atoms with Gasteiger partial charge in [0.05, 0.1) is 13.0 Å². The highest BCUT2D eigenvalue weighted by atomic mass is 16.5. The number of aryl methyl sites for hydroxylation is 1. The van der Waals surface area contributed by atoms with Gasteiger partial charge in [-0.2, -0.15) is 0 Å². The van der Waals surface area contributed by atoms with Crippen molar-refractivity contribution in [1.82, 2.24) is 4.90 Å². The summed E-state index contributed by atoms with van der Waals surface area (Å²) in [5.41, 5.74) is 2.83. The Kier molecular flexibility index (Phi) is 8.80. The number of likely N-dealkylation sites (tertiary alicyclic amines) is 1. The Morgan fingerprint density at radius 3 is 2.48 bits per heavy atom. The van der Waals surface area contributed by atoms with E-state index >= 15 is 0 Å². The molecule has 2 aromatic carbocycles. The molecule has 1 saturated heterocycles. The van der Waals surface area contributed by atoms with Gasteiger partial charge in [-0.3, -0.25) is 9.69 Å². The average Bonchev–Trinajstić information content (AvgIpc) is 2.82. The number of hydrogen-bond donors (Lipinski definition) is 0. The van der Waals surface area contributed by atoms with Crippen molar-refractivity contribution in [2.45, 2.75) is 64.8 Å². The van der Waals surface area contributed by atoms with Crippen LogP contribution in [0.25, 0.3) is 10.8 Å². The third-order valence-corrected chi connectivity index (χ3v) is 7.63. The summed E-state index contributed by atoms with van der Waals surface area (Å²) in [7, 11) is 1.52. The third kappa shape index (κ3) is 6.58. The topological polar surface area (TPSA) is 38.8 Å². The predicted octanol–water partition coefficient (Wildman–Crippen LogP) is 6.00. The number of nitrogens with zero attached hydrogens (tertiary/aromatic N) is 1. The molecule has 1 aliphatic carbocycles. The lowest BCUT2D eigenvalue weighted by Crippen LogP contribution is -2.50. The minimum atomic E-state index is -0.00353. The maximum Gasteiger partial charge on any atom is 0.308 e. The van der Waals surface area contributed by atoms with Gasteiger partial charge in [-0.1, -0.05) is 50.1 Å². The summed E-state index contributed by atoms with van der Waals surface area (Å²) in [6.45, 7) is 7.27. The van der Waals surface area contributed by atoms with Crippen molar-refractivity contribution >= 4 is 16.7 Å². The molecular weight excluding hydrogens is 410 g/mol. The Hall–Kier alpha value is -1.91. The lowest BCUT2D eigenvalue weighted by Gasteiger charge is -2.45. The second-order valence-electron chi connectivity index (χ2n) is 10.2. The van der Waals surface area contributed by atoms with Crippen LogP contribution in [0.1, 0.15) is 63.0 Å². The highest BCUT2D eigenvalue weighted by molar-refractivity contribution is 5.83. The Bertz CT molecular complexity index is 905. The molecule has 4 rings (SSSR count). The summed E-state index contributed by atoms with van der Waals surface area (Å²) in [4.78, 5) is 14.5. The molecule has 4 nitrogen and oxygen atoms in total. The zero-order valence-electron chi connectivity index (χ0n) is 20.6. The maximum absolute atomic E-state index is 11.9. The molecular formula is C29H41NO3. The molecule has 0 aromatic heterocycles. The van der Waals surface area contributed by atoms with Crippen LogP contribution in [0, 0.1) is 17.8 Å². The van der Waals surface area contributed by atoms with E-state index in [9.17, 15) is 4.79 Å². The number of methoxy groups -OCH3 is 1. The van der Waals surface area contributed by atoms with Crippen molar-refractivity contribution in [1.29, 1.82) is 0 Å². The molecule has 33 heavy (non-hydrogen) atoms. The second-order valence-corrected chi connectivity index (χ2v) is 10.2. The number of ether oxygens (including phenoxy) is 2. The quantitative estimate of drug-likeness (QED) is 0.310. The second kappa shape index (κ2) is 12.0. The number of carbonyl (C=O) groups is 1. The van der Waals surface area contributed by atoms with Gasteiger partial charge in [0.15, 0.2) is 0 Å². The first-order valence-electron chi connectivity index (χ1n) is 13.1. The molecule has 2 aromatic rings. The number of fused-ring (bicyclic) bond motifs is 1. The molecule has 2 fully saturated rings. The summed E-state index contributed by atoms with van der Waals surface area (Å²) in [6.07, 6.45) is 9.02. The Morgan fingerprint density at radius 1 is 0.970 bits per heavy atom. The van der Waals surface area contributed by atoms with Gasteiger partial charge in [0, 0.05) is 32.8 Å². The van der Waals surface area contributed by atoms with Crippen molar-refractivity contribution in [3.8, 4) is 0 Å². The van der Waals surface area contributed by atoms with Crippen LogP contribution in [0.2, 0.25) is 0 Å². The van der Waals surface area contributed by atoms with E-state index in [2.05, 4.69) is 48.2 Å². The highest BCUT2D eigenvalue weighted by Gasteiger charge is 2.37. The van der Waals surface area contributed by atoms with Crippen molar-refractivity contribution in [2.75, 3.05) is 33.4 Å². The van der Waals surface area contributed by atoms with Gasteiger partial charge in [0.2, 0.25) is 0 Å². The minimum Gasteiger partial charge on any atom is -0.469 e. The van der Waals surface area contributed by atoms with Gasteiger partial charge >= 0.3 is 5.97 Å². The summed E-state index contributed by atoms with van der Waals surface area (Å²) < 4.78 is 10.6. The molecule has 2 atom stereocenters. The molecule has 0 amide bonds. The van der Waals surface area contributed by atoms with Crippen LogP contribution < -0.4 is 0 Å². The first kappa shape index (κ1) is 24.2. The molecule has 180 valence electrons. The maximum atomic E-state index is 11.9. The van der Waals surface area contributed by atoms with Crippen LogP contribution in [0.3, 0.4) is 0 Å². The van der Waals surface area contributed by atoms with E-state index in [1.54, 1.807) is 0 Å². The van der Waals surface area contributed by atoms with Crippen LogP contribution in [-0.4, -0.2) is 44.3 Å². The van der Waals surface area contributed by atoms with Crippen LogP contribution >= 0.6 is 0 Å². The number of carbonyl (C=O) groups excluding carboxylic acids is 1. The van der Waals surface area contributed by atoms with Gasteiger partial charge in [0.1, 0.15) is 0 Å². The fraction of sp³-hybridized carbons (Fsp3) is 0.621. The van der Waals surface area contributed by atoms with Crippen molar-refractivity contribution in [3.05, 3.63) is 47.5 Å². The molecule has 0 spiro atoms. The number of rotatable bonds is 11. The SMILES string of the molecule is CCCOCCCCc1ccc2cc(CN3CC(C4CCCC(C(=O)OC)C4)C3)ccc2c1. The zero-order valence-corrected chi connectivity index (χ0v) is 20.6. The third-order valence-electron chi connectivity index (χ3n) is 7.63. The summed E-state index contributed by atoms with van der Waals surface area (Å²) in [5, 5.41) is 2.68. The van der Waals surface area contributed by atoms with E-state index in [1.807, 2.05) is 0 Å². The number of esters is 1. The largest absolute Gasteiger partial charge is 0.469 e. The first-order valence-corrected chi connectivity index (χ1v) is 13.1. The Morgan fingerprint density at radius 2 is 1.73 bits per heavy atom. The predicted molar refractivity (Wildman–Crippen MR) is 134 cm³/mol. The Balaban J connectivity index is 1.23. The first-order chi connectivity index (χ1) is 16.2. The number of unbranched alkanes of at least 4 members (excludes halogenated alkanes) is 1. The van der Waals surface area contributed by atoms with Crippen LogP contribution in [0.4, 0.5) is 0 Å². The van der Waals surface area contributed by atoms with Crippen molar-refractivity contribution in [2.24, 2.45) is 17.8 Å². The molecule has 0 N–H and O–H groups in total. The molecule has 1 saturated carbocycles. The van der Waals surface area contributed by atoms with E-state index in [0.29, 0.717) is 5.92 Å². The highest BCUT2D eigenvalue weighted by Crippen LogP contribution is 2.38. The molecule has 2 aliphatic rings. The van der Waals surface area contributed by atoms with Crippen LogP contribution in [-0.2, 0) is 27.2 Å². The van der Waals surface area contributed by atoms with E-state index in [4.69, 9.17) is 9.47 Å². The van der Waals surface area contributed by atoms with Crippen LogP contribution in [0.5, 0.6) is 0 Å². The molecule has 2 unspecified atom stereocenters. The number of hydrogen-bond acceptors (Lipinski definition) is 4. The summed E-state index contributed by atoms with van der Waals surface area (Å²) in [6, 6.07) is 13.9. The molecule has 0 radical (unpaired) electrons. The Labute approximate surface area is 199 Å². The van der Waals surface area contributed by atoms with Gasteiger partial charge in [-0.05, 0) is 78.3 Å². The standard InChI is InChI=1S/C29H41NO3/c1-3-14-33-15-5-4-7-22-10-12-26-17-23(11-13-25(26)16-22)19-30-20-28(21-30)24-8-6-9-27(18-24)29(31)32-2/h10-13,16-17,24,27-28H,3-9,14-15,18-21H2,1-2H3.